The molecule has 0 saturated carbocycles. The van der Waals surface area contributed by atoms with Crippen molar-refractivity contribution >= 4 is 27.5 Å². The number of hydrogen-bond acceptors (Lipinski definition) is 6. The summed E-state index contributed by atoms with van der Waals surface area (Å²) in [6.45, 7) is 1.54. The molecule has 152 valence electrons. The Bertz CT molecular complexity index is 1120. The number of nitrogens with zero attached hydrogens (tertiary/aromatic N) is 4. The second-order valence-electron chi connectivity index (χ2n) is 7.58. The largest absolute Gasteiger partial charge is 0.342 e. The van der Waals surface area contributed by atoms with Gasteiger partial charge >= 0.3 is 0 Å². The molecule has 1 amide bonds. The summed E-state index contributed by atoms with van der Waals surface area (Å²) < 4.78 is 6.55. The van der Waals surface area contributed by atoms with Gasteiger partial charge in [-0.2, -0.15) is 4.98 Å². The molecule has 6 nitrogen and oxygen atoms in total. The molecule has 1 aliphatic rings. The van der Waals surface area contributed by atoms with Gasteiger partial charge in [0.05, 0.1) is 15.2 Å². The van der Waals surface area contributed by atoms with E-state index in [9.17, 15) is 4.79 Å². The Labute approximate surface area is 178 Å². The molecular formula is C23H22N4O2S. The van der Waals surface area contributed by atoms with Gasteiger partial charge < -0.3 is 9.42 Å². The van der Waals surface area contributed by atoms with E-state index in [-0.39, 0.29) is 5.91 Å². The van der Waals surface area contributed by atoms with Crippen molar-refractivity contribution in [2.75, 3.05) is 13.1 Å². The Balaban J connectivity index is 1.20. The molecule has 4 aromatic rings. The first-order valence-corrected chi connectivity index (χ1v) is 11.1. The first kappa shape index (κ1) is 18.9. The van der Waals surface area contributed by atoms with E-state index in [1.54, 1.807) is 11.3 Å². The normalized spacial score (nSPS) is 16.8. The van der Waals surface area contributed by atoms with Crippen LogP contribution in [0.25, 0.3) is 21.6 Å². The number of para-hydroxylation sites is 1. The highest BCUT2D eigenvalue weighted by atomic mass is 32.1. The van der Waals surface area contributed by atoms with Crippen LogP contribution in [0.15, 0.2) is 59.1 Å². The van der Waals surface area contributed by atoms with Crippen molar-refractivity contribution in [3.8, 4) is 11.4 Å². The Kier molecular flexibility index (Phi) is 5.27. The zero-order valence-electron chi connectivity index (χ0n) is 16.5. The smallest absolute Gasteiger partial charge is 0.227 e. The van der Waals surface area contributed by atoms with E-state index in [0.29, 0.717) is 30.5 Å². The standard InChI is InChI=1S/C23H22N4O2S/c28-21(13-12-20-25-22(26-29-20)16-7-2-1-3-8-16)27-14-6-9-17(15-27)23-24-18-10-4-5-11-19(18)30-23/h1-5,7-8,10-11,17H,6,9,12-15H2/t17-/m1/s1. The summed E-state index contributed by atoms with van der Waals surface area (Å²) in [5.41, 5.74) is 1.96. The number of likely N-dealkylation sites (tertiary alicyclic amines) is 1. The van der Waals surface area contributed by atoms with Crippen LogP contribution in [0.4, 0.5) is 0 Å². The minimum Gasteiger partial charge on any atom is -0.342 e. The summed E-state index contributed by atoms with van der Waals surface area (Å²) in [7, 11) is 0. The van der Waals surface area contributed by atoms with Gasteiger partial charge in [-0.25, -0.2) is 4.98 Å². The summed E-state index contributed by atoms with van der Waals surface area (Å²) in [5, 5.41) is 5.17. The lowest BCUT2D eigenvalue weighted by molar-refractivity contribution is -0.132. The topological polar surface area (TPSA) is 72.1 Å². The predicted octanol–water partition coefficient (Wildman–Crippen LogP) is 4.69. The van der Waals surface area contributed by atoms with Crippen LogP contribution < -0.4 is 0 Å². The first-order valence-electron chi connectivity index (χ1n) is 10.3. The van der Waals surface area contributed by atoms with Crippen LogP contribution in [0, 0.1) is 0 Å². The van der Waals surface area contributed by atoms with Crippen LogP contribution in [0.1, 0.15) is 36.1 Å². The van der Waals surface area contributed by atoms with Crippen molar-refractivity contribution in [2.24, 2.45) is 0 Å². The molecule has 1 saturated heterocycles. The molecule has 3 heterocycles. The number of thiazole rings is 1. The third-order valence-corrected chi connectivity index (χ3v) is 6.69. The minimum atomic E-state index is 0.139. The molecule has 0 spiro atoms. The number of carbonyl (C=O) groups is 1. The number of piperidine rings is 1. The molecule has 2 aromatic carbocycles. The number of fused-ring (bicyclic) bond motifs is 1. The van der Waals surface area contributed by atoms with Crippen LogP contribution in [-0.2, 0) is 11.2 Å². The molecule has 0 radical (unpaired) electrons. The van der Waals surface area contributed by atoms with Crippen molar-refractivity contribution in [3.63, 3.8) is 0 Å². The van der Waals surface area contributed by atoms with E-state index in [0.717, 1.165) is 42.0 Å². The van der Waals surface area contributed by atoms with Crippen LogP contribution in [0.2, 0.25) is 0 Å². The van der Waals surface area contributed by atoms with Crippen molar-refractivity contribution in [3.05, 3.63) is 65.5 Å². The van der Waals surface area contributed by atoms with Gasteiger partial charge in [0.2, 0.25) is 17.6 Å². The average molecular weight is 419 g/mol. The maximum Gasteiger partial charge on any atom is 0.227 e. The number of carbonyl (C=O) groups excluding carboxylic acids is 1. The van der Waals surface area contributed by atoms with Crippen molar-refractivity contribution in [1.29, 1.82) is 0 Å². The lowest BCUT2D eigenvalue weighted by Crippen LogP contribution is -2.39. The lowest BCUT2D eigenvalue weighted by Gasteiger charge is -2.31. The molecule has 0 unspecified atom stereocenters. The molecule has 0 aliphatic carbocycles. The van der Waals surface area contributed by atoms with E-state index >= 15 is 0 Å². The highest BCUT2D eigenvalue weighted by Crippen LogP contribution is 2.33. The Morgan fingerprint density at radius 1 is 1.10 bits per heavy atom. The second-order valence-corrected chi connectivity index (χ2v) is 8.64. The molecule has 1 fully saturated rings. The van der Waals surface area contributed by atoms with Gasteiger partial charge in [0, 0.05) is 37.4 Å². The van der Waals surface area contributed by atoms with E-state index in [1.807, 2.05) is 47.4 Å². The summed E-state index contributed by atoms with van der Waals surface area (Å²) in [4.78, 5) is 24.0. The molecule has 30 heavy (non-hydrogen) atoms. The molecular weight excluding hydrogens is 396 g/mol. The molecule has 5 rings (SSSR count). The maximum atomic E-state index is 12.8. The summed E-state index contributed by atoms with van der Waals surface area (Å²) in [6, 6.07) is 17.9. The van der Waals surface area contributed by atoms with Gasteiger partial charge in [-0.15, -0.1) is 11.3 Å². The van der Waals surface area contributed by atoms with Gasteiger partial charge in [-0.1, -0.05) is 47.6 Å². The van der Waals surface area contributed by atoms with Gasteiger partial charge in [0.1, 0.15) is 0 Å². The molecule has 2 aromatic heterocycles. The van der Waals surface area contributed by atoms with Gasteiger partial charge in [0.15, 0.2) is 0 Å². The highest BCUT2D eigenvalue weighted by Gasteiger charge is 2.27. The fourth-order valence-corrected chi connectivity index (χ4v) is 5.00. The quantitative estimate of drug-likeness (QED) is 0.470. The van der Waals surface area contributed by atoms with E-state index in [2.05, 4.69) is 22.3 Å². The molecule has 0 bridgehead atoms. The lowest BCUT2D eigenvalue weighted by atomic mass is 9.98. The average Bonchev–Trinajstić information content (AvgIpc) is 3.45. The Morgan fingerprint density at radius 2 is 1.93 bits per heavy atom. The van der Waals surface area contributed by atoms with Crippen LogP contribution in [0.3, 0.4) is 0 Å². The third kappa shape index (κ3) is 3.98. The minimum absolute atomic E-state index is 0.139. The van der Waals surface area contributed by atoms with Crippen LogP contribution in [-0.4, -0.2) is 39.0 Å². The fourth-order valence-electron chi connectivity index (χ4n) is 3.90. The highest BCUT2D eigenvalue weighted by molar-refractivity contribution is 7.18. The molecule has 1 aliphatic heterocycles. The monoisotopic (exact) mass is 418 g/mol. The Hall–Kier alpha value is -3.06. The number of benzene rings is 2. The van der Waals surface area contributed by atoms with Crippen molar-refractivity contribution in [2.45, 2.75) is 31.6 Å². The zero-order valence-corrected chi connectivity index (χ0v) is 17.3. The summed E-state index contributed by atoms with van der Waals surface area (Å²) in [5.74, 6) is 1.52. The molecule has 1 atom stereocenters. The second kappa shape index (κ2) is 8.36. The third-order valence-electron chi connectivity index (χ3n) is 5.49. The summed E-state index contributed by atoms with van der Waals surface area (Å²) in [6.07, 6.45) is 2.92. The summed E-state index contributed by atoms with van der Waals surface area (Å²) >= 11 is 1.75. The molecule has 0 N–H and O–H groups in total. The SMILES string of the molecule is O=C(CCc1nc(-c2ccccc2)no1)N1CCC[C@@H](c2nc3ccccc3s2)C1. The van der Waals surface area contributed by atoms with Gasteiger partial charge in [0.25, 0.3) is 0 Å². The predicted molar refractivity (Wildman–Crippen MR) is 116 cm³/mol. The number of aromatic nitrogens is 3. The van der Waals surface area contributed by atoms with Crippen molar-refractivity contribution < 1.29 is 9.32 Å². The first-order chi connectivity index (χ1) is 14.8. The van der Waals surface area contributed by atoms with E-state index in [4.69, 9.17) is 9.51 Å². The van der Waals surface area contributed by atoms with Crippen LogP contribution in [0.5, 0.6) is 0 Å². The van der Waals surface area contributed by atoms with Crippen molar-refractivity contribution in [1.82, 2.24) is 20.0 Å². The zero-order chi connectivity index (χ0) is 20.3. The van der Waals surface area contributed by atoms with Crippen LogP contribution >= 0.6 is 11.3 Å². The Morgan fingerprint density at radius 3 is 2.80 bits per heavy atom. The van der Waals surface area contributed by atoms with E-state index < -0.39 is 0 Å². The molecule has 7 heteroatoms. The van der Waals surface area contributed by atoms with Gasteiger partial charge in [-0.3, -0.25) is 4.79 Å². The van der Waals surface area contributed by atoms with E-state index in [1.165, 1.54) is 4.70 Å². The fraction of sp³-hybridized carbons (Fsp3) is 0.304. The maximum absolute atomic E-state index is 12.8. The number of hydrogen-bond donors (Lipinski definition) is 0. The number of amides is 1. The van der Waals surface area contributed by atoms with Gasteiger partial charge in [-0.05, 0) is 25.0 Å². The number of rotatable bonds is 5. The number of aryl methyl sites for hydroxylation is 1.